The van der Waals surface area contributed by atoms with E-state index in [-0.39, 0.29) is 0 Å². The molecule has 2 heteroatoms. The Bertz CT molecular complexity index is 157. The van der Waals surface area contributed by atoms with Gasteiger partial charge < -0.3 is 9.80 Å². The molecule has 15 heavy (non-hydrogen) atoms. The number of nitrogens with zero attached hydrogens (tertiary/aromatic N) is 2. The Hall–Kier alpha value is -0.0800. The lowest BCUT2D eigenvalue weighted by Crippen LogP contribution is -2.46. The standard InChI is InChI=1S/C13H26N2/c1-12-3-5-13(6-4-12)11-15-9-7-14(2)8-10-15/h12-13H,3-11H2,1-2H3. The predicted molar refractivity (Wildman–Crippen MR) is 65.1 cm³/mol. The molecule has 2 fully saturated rings. The number of likely N-dealkylation sites (N-methyl/N-ethyl adjacent to an activating group) is 1. The van der Waals surface area contributed by atoms with Crippen LogP contribution in [0.25, 0.3) is 0 Å². The van der Waals surface area contributed by atoms with Gasteiger partial charge in [-0.15, -0.1) is 0 Å². The maximum Gasteiger partial charge on any atom is 0.0110 e. The summed E-state index contributed by atoms with van der Waals surface area (Å²) in [6.45, 7) is 8.91. The maximum absolute atomic E-state index is 2.68. The van der Waals surface area contributed by atoms with E-state index in [1.54, 1.807) is 0 Å². The summed E-state index contributed by atoms with van der Waals surface area (Å²) >= 11 is 0. The Balaban J connectivity index is 1.68. The van der Waals surface area contributed by atoms with Crippen LogP contribution < -0.4 is 0 Å². The van der Waals surface area contributed by atoms with Crippen LogP contribution in [0.2, 0.25) is 0 Å². The fourth-order valence-electron chi connectivity index (χ4n) is 2.91. The molecule has 0 amide bonds. The summed E-state index contributed by atoms with van der Waals surface area (Å²) in [5.74, 6) is 2.00. The Kier molecular flexibility index (Phi) is 4.04. The maximum atomic E-state index is 2.68. The van der Waals surface area contributed by atoms with E-state index in [4.69, 9.17) is 0 Å². The van der Waals surface area contributed by atoms with Crippen LogP contribution >= 0.6 is 0 Å². The highest BCUT2D eigenvalue weighted by molar-refractivity contribution is 4.76. The molecule has 1 heterocycles. The lowest BCUT2D eigenvalue weighted by molar-refractivity contribution is 0.120. The molecule has 0 aromatic carbocycles. The van der Waals surface area contributed by atoms with E-state index in [2.05, 4.69) is 23.8 Å². The smallest absolute Gasteiger partial charge is 0.0110 e. The van der Waals surface area contributed by atoms with Crippen molar-refractivity contribution in [2.75, 3.05) is 39.8 Å². The van der Waals surface area contributed by atoms with Gasteiger partial charge >= 0.3 is 0 Å². The molecule has 2 nitrogen and oxygen atoms in total. The molecular formula is C13H26N2. The van der Waals surface area contributed by atoms with Gasteiger partial charge in [-0.05, 0) is 31.7 Å². The summed E-state index contributed by atoms with van der Waals surface area (Å²) in [6, 6.07) is 0. The van der Waals surface area contributed by atoms with E-state index in [9.17, 15) is 0 Å². The van der Waals surface area contributed by atoms with E-state index in [0.717, 1.165) is 11.8 Å². The van der Waals surface area contributed by atoms with Crippen LogP contribution in [0.15, 0.2) is 0 Å². The van der Waals surface area contributed by atoms with Gasteiger partial charge in [0.05, 0.1) is 0 Å². The lowest BCUT2D eigenvalue weighted by Gasteiger charge is -2.36. The van der Waals surface area contributed by atoms with Gasteiger partial charge in [0, 0.05) is 32.7 Å². The van der Waals surface area contributed by atoms with Gasteiger partial charge in [-0.1, -0.05) is 19.8 Å². The van der Waals surface area contributed by atoms with Gasteiger partial charge in [-0.25, -0.2) is 0 Å². The van der Waals surface area contributed by atoms with Gasteiger partial charge in [0.2, 0.25) is 0 Å². The molecule has 1 saturated heterocycles. The second-order valence-corrected chi connectivity index (χ2v) is 5.73. The first-order valence-corrected chi connectivity index (χ1v) is 6.65. The van der Waals surface area contributed by atoms with Gasteiger partial charge in [-0.2, -0.15) is 0 Å². The second kappa shape index (κ2) is 5.31. The fourth-order valence-corrected chi connectivity index (χ4v) is 2.91. The number of rotatable bonds is 2. The van der Waals surface area contributed by atoms with Crippen molar-refractivity contribution in [3.8, 4) is 0 Å². The van der Waals surface area contributed by atoms with Gasteiger partial charge in [0.25, 0.3) is 0 Å². The molecule has 2 rings (SSSR count). The Morgan fingerprint density at radius 1 is 0.933 bits per heavy atom. The first-order valence-electron chi connectivity index (χ1n) is 6.65. The van der Waals surface area contributed by atoms with Crippen molar-refractivity contribution >= 4 is 0 Å². The van der Waals surface area contributed by atoms with Crippen LogP contribution in [0.1, 0.15) is 32.6 Å². The molecule has 0 N–H and O–H groups in total. The van der Waals surface area contributed by atoms with E-state index in [1.165, 1.54) is 58.4 Å². The molecule has 1 saturated carbocycles. The largest absolute Gasteiger partial charge is 0.304 e. The Morgan fingerprint density at radius 3 is 2.13 bits per heavy atom. The fraction of sp³-hybridized carbons (Fsp3) is 1.00. The van der Waals surface area contributed by atoms with Crippen LogP contribution in [0.3, 0.4) is 0 Å². The third-order valence-electron chi connectivity index (χ3n) is 4.25. The third-order valence-corrected chi connectivity index (χ3v) is 4.25. The molecule has 1 aliphatic heterocycles. The van der Waals surface area contributed by atoms with Crippen molar-refractivity contribution in [3.05, 3.63) is 0 Å². The van der Waals surface area contributed by atoms with Crippen molar-refractivity contribution in [1.29, 1.82) is 0 Å². The Labute approximate surface area is 94.6 Å². The Morgan fingerprint density at radius 2 is 1.53 bits per heavy atom. The quantitative estimate of drug-likeness (QED) is 0.688. The zero-order chi connectivity index (χ0) is 10.7. The third kappa shape index (κ3) is 3.46. The molecule has 1 aliphatic carbocycles. The zero-order valence-electron chi connectivity index (χ0n) is 10.4. The van der Waals surface area contributed by atoms with Crippen molar-refractivity contribution in [2.24, 2.45) is 11.8 Å². The van der Waals surface area contributed by atoms with Gasteiger partial charge in [0.15, 0.2) is 0 Å². The molecule has 0 unspecified atom stereocenters. The summed E-state index contributed by atoms with van der Waals surface area (Å²) < 4.78 is 0. The highest BCUT2D eigenvalue weighted by Crippen LogP contribution is 2.28. The highest BCUT2D eigenvalue weighted by atomic mass is 15.2. The minimum atomic E-state index is 0.994. The van der Waals surface area contributed by atoms with Crippen molar-refractivity contribution in [2.45, 2.75) is 32.6 Å². The normalized spacial score (nSPS) is 35.6. The van der Waals surface area contributed by atoms with E-state index < -0.39 is 0 Å². The summed E-state index contributed by atoms with van der Waals surface area (Å²) in [5.41, 5.74) is 0. The molecule has 2 aliphatic rings. The number of hydrogen-bond acceptors (Lipinski definition) is 2. The minimum Gasteiger partial charge on any atom is -0.304 e. The van der Waals surface area contributed by atoms with E-state index in [0.29, 0.717) is 0 Å². The molecule has 0 bridgehead atoms. The van der Waals surface area contributed by atoms with E-state index in [1.807, 2.05) is 0 Å². The monoisotopic (exact) mass is 210 g/mol. The average Bonchev–Trinajstić information content (AvgIpc) is 2.25. The molecule has 0 aromatic heterocycles. The van der Waals surface area contributed by atoms with Crippen molar-refractivity contribution in [3.63, 3.8) is 0 Å². The summed E-state index contributed by atoms with van der Waals surface area (Å²) in [4.78, 5) is 5.13. The molecule has 0 aromatic rings. The summed E-state index contributed by atoms with van der Waals surface area (Å²) in [7, 11) is 2.24. The molecular weight excluding hydrogens is 184 g/mol. The second-order valence-electron chi connectivity index (χ2n) is 5.73. The van der Waals surface area contributed by atoms with Crippen LogP contribution in [-0.2, 0) is 0 Å². The minimum absolute atomic E-state index is 0.994. The number of piperazine rings is 1. The van der Waals surface area contributed by atoms with Crippen LogP contribution in [0, 0.1) is 11.8 Å². The molecule has 88 valence electrons. The highest BCUT2D eigenvalue weighted by Gasteiger charge is 2.22. The van der Waals surface area contributed by atoms with Gasteiger partial charge in [-0.3, -0.25) is 0 Å². The summed E-state index contributed by atoms with van der Waals surface area (Å²) in [5, 5.41) is 0. The molecule has 0 spiro atoms. The van der Waals surface area contributed by atoms with Gasteiger partial charge in [0.1, 0.15) is 0 Å². The zero-order valence-corrected chi connectivity index (χ0v) is 10.4. The summed E-state index contributed by atoms with van der Waals surface area (Å²) in [6.07, 6.45) is 5.90. The predicted octanol–water partition coefficient (Wildman–Crippen LogP) is 2.06. The topological polar surface area (TPSA) is 6.48 Å². The average molecular weight is 210 g/mol. The lowest BCUT2D eigenvalue weighted by atomic mass is 9.83. The SMILES string of the molecule is CC1CCC(CN2CCN(C)CC2)CC1. The van der Waals surface area contributed by atoms with Crippen LogP contribution in [-0.4, -0.2) is 49.6 Å². The van der Waals surface area contributed by atoms with Crippen LogP contribution in [0.4, 0.5) is 0 Å². The molecule has 0 atom stereocenters. The first kappa shape index (κ1) is 11.4. The molecule has 0 radical (unpaired) electrons. The van der Waals surface area contributed by atoms with Crippen LogP contribution in [0.5, 0.6) is 0 Å². The van der Waals surface area contributed by atoms with Crippen molar-refractivity contribution < 1.29 is 0 Å². The number of hydrogen-bond donors (Lipinski definition) is 0. The van der Waals surface area contributed by atoms with E-state index >= 15 is 0 Å². The van der Waals surface area contributed by atoms with Crippen molar-refractivity contribution in [1.82, 2.24) is 9.80 Å². The first-order chi connectivity index (χ1) is 7.24.